The zero-order chi connectivity index (χ0) is 10.8. The summed E-state index contributed by atoms with van der Waals surface area (Å²) in [5.41, 5.74) is 5.50. The van der Waals surface area contributed by atoms with E-state index in [4.69, 9.17) is 17.3 Å². The van der Waals surface area contributed by atoms with Crippen LogP contribution in [0.25, 0.3) is 0 Å². The fourth-order valence-corrected chi connectivity index (χ4v) is 4.01. The van der Waals surface area contributed by atoms with Gasteiger partial charge >= 0.3 is 0 Å². The Balaban J connectivity index is 2.76. The lowest BCUT2D eigenvalue weighted by Crippen LogP contribution is -2.19. The highest BCUT2D eigenvalue weighted by atomic mass is 35.5. The number of nitrogens with two attached hydrogens (primary N) is 1. The van der Waals surface area contributed by atoms with Gasteiger partial charge in [0.15, 0.2) is 9.84 Å². The first-order chi connectivity index (χ1) is 6.42. The number of rotatable bonds is 4. The maximum Gasteiger partial charge on any atom is 0.187 e. The molecule has 2 N–H and O–H groups in total. The number of hydrogen-bond acceptors (Lipinski definition) is 4. The SMILES string of the molecule is CC(N)CCS(=O)(=O)c1ccc(Cl)s1. The van der Waals surface area contributed by atoms with E-state index >= 15 is 0 Å². The summed E-state index contributed by atoms with van der Waals surface area (Å²) in [5, 5.41) is 0. The Labute approximate surface area is 92.8 Å². The van der Waals surface area contributed by atoms with Crippen LogP contribution in [0.2, 0.25) is 4.34 Å². The minimum atomic E-state index is -3.18. The molecule has 1 aromatic heterocycles. The molecule has 0 bridgehead atoms. The van der Waals surface area contributed by atoms with Gasteiger partial charge in [-0.25, -0.2) is 8.42 Å². The maximum absolute atomic E-state index is 11.6. The highest BCUT2D eigenvalue weighted by Crippen LogP contribution is 2.26. The van der Waals surface area contributed by atoms with Gasteiger partial charge in [-0.1, -0.05) is 11.6 Å². The molecule has 6 heteroatoms. The Bertz CT molecular complexity index is 397. The molecule has 0 saturated heterocycles. The van der Waals surface area contributed by atoms with Gasteiger partial charge < -0.3 is 5.73 Å². The topological polar surface area (TPSA) is 60.2 Å². The third-order valence-electron chi connectivity index (χ3n) is 1.70. The average Bonchev–Trinajstić information content (AvgIpc) is 2.49. The zero-order valence-electron chi connectivity index (χ0n) is 7.73. The third-order valence-corrected chi connectivity index (χ3v) is 5.26. The molecule has 3 nitrogen and oxygen atoms in total. The molecule has 1 heterocycles. The third kappa shape index (κ3) is 3.24. The van der Waals surface area contributed by atoms with Gasteiger partial charge in [0.2, 0.25) is 0 Å². The van der Waals surface area contributed by atoms with Crippen molar-refractivity contribution >= 4 is 32.8 Å². The molecular weight excluding hydrogens is 242 g/mol. The summed E-state index contributed by atoms with van der Waals surface area (Å²) in [5.74, 6) is 0.0848. The van der Waals surface area contributed by atoms with E-state index in [1.54, 1.807) is 13.0 Å². The molecule has 1 atom stereocenters. The minimum Gasteiger partial charge on any atom is -0.328 e. The van der Waals surface area contributed by atoms with Crippen molar-refractivity contribution in [1.29, 1.82) is 0 Å². The van der Waals surface area contributed by atoms with Crippen LogP contribution in [-0.2, 0) is 9.84 Å². The van der Waals surface area contributed by atoms with Gasteiger partial charge in [-0.05, 0) is 25.5 Å². The average molecular weight is 254 g/mol. The Morgan fingerprint density at radius 2 is 2.21 bits per heavy atom. The van der Waals surface area contributed by atoms with Crippen molar-refractivity contribution < 1.29 is 8.42 Å². The van der Waals surface area contributed by atoms with Crippen molar-refractivity contribution in [1.82, 2.24) is 0 Å². The van der Waals surface area contributed by atoms with Gasteiger partial charge in [0, 0.05) is 6.04 Å². The first kappa shape index (κ1) is 12.0. The highest BCUT2D eigenvalue weighted by molar-refractivity contribution is 7.93. The van der Waals surface area contributed by atoms with Gasteiger partial charge in [-0.2, -0.15) is 0 Å². The highest BCUT2D eigenvalue weighted by Gasteiger charge is 2.16. The predicted molar refractivity (Wildman–Crippen MR) is 59.6 cm³/mol. The van der Waals surface area contributed by atoms with E-state index in [9.17, 15) is 8.42 Å². The van der Waals surface area contributed by atoms with Gasteiger partial charge in [0.05, 0.1) is 10.1 Å². The fourth-order valence-electron chi connectivity index (χ4n) is 0.906. The Hall–Kier alpha value is -0.100. The Kier molecular flexibility index (Phi) is 3.94. The van der Waals surface area contributed by atoms with E-state index in [-0.39, 0.29) is 11.8 Å². The second kappa shape index (κ2) is 4.61. The summed E-state index contributed by atoms with van der Waals surface area (Å²) in [4.78, 5) is 0. The van der Waals surface area contributed by atoms with Gasteiger partial charge in [0.25, 0.3) is 0 Å². The molecule has 80 valence electrons. The summed E-state index contributed by atoms with van der Waals surface area (Å²) in [6.45, 7) is 1.79. The zero-order valence-corrected chi connectivity index (χ0v) is 10.1. The van der Waals surface area contributed by atoms with Crippen LogP contribution in [0.5, 0.6) is 0 Å². The van der Waals surface area contributed by atoms with E-state index in [0.29, 0.717) is 15.0 Å². The molecule has 1 rings (SSSR count). The van der Waals surface area contributed by atoms with Crippen molar-refractivity contribution in [2.75, 3.05) is 5.75 Å². The van der Waals surface area contributed by atoms with E-state index in [1.165, 1.54) is 6.07 Å². The number of thiophene rings is 1. The second-order valence-corrected chi connectivity index (χ2v) is 7.19. The molecular formula is C8H12ClNO2S2. The summed E-state index contributed by atoms with van der Waals surface area (Å²) in [7, 11) is -3.18. The second-order valence-electron chi connectivity index (χ2n) is 3.14. The fraction of sp³-hybridized carbons (Fsp3) is 0.500. The summed E-state index contributed by atoms with van der Waals surface area (Å²) < 4.78 is 24.1. The van der Waals surface area contributed by atoms with Crippen LogP contribution in [0.1, 0.15) is 13.3 Å². The largest absolute Gasteiger partial charge is 0.328 e. The maximum atomic E-state index is 11.6. The van der Waals surface area contributed by atoms with E-state index in [1.807, 2.05) is 0 Å². The normalized spacial score (nSPS) is 14.2. The van der Waals surface area contributed by atoms with Crippen molar-refractivity contribution in [3.63, 3.8) is 0 Å². The molecule has 0 aromatic carbocycles. The van der Waals surface area contributed by atoms with Crippen LogP contribution in [0.4, 0.5) is 0 Å². The van der Waals surface area contributed by atoms with E-state index in [0.717, 1.165) is 11.3 Å². The molecule has 0 aliphatic carbocycles. The lowest BCUT2D eigenvalue weighted by atomic mass is 10.3. The Morgan fingerprint density at radius 3 is 2.64 bits per heavy atom. The predicted octanol–water partition coefficient (Wildman–Crippen LogP) is 1.91. The molecule has 1 unspecified atom stereocenters. The van der Waals surface area contributed by atoms with Crippen LogP contribution in [-0.4, -0.2) is 20.2 Å². The van der Waals surface area contributed by atoms with Crippen molar-refractivity contribution in [3.8, 4) is 0 Å². The van der Waals surface area contributed by atoms with Crippen molar-refractivity contribution in [2.24, 2.45) is 5.73 Å². The number of sulfone groups is 1. The van der Waals surface area contributed by atoms with Crippen LogP contribution < -0.4 is 5.73 Å². The van der Waals surface area contributed by atoms with Gasteiger partial charge in [0.1, 0.15) is 4.21 Å². The van der Waals surface area contributed by atoms with E-state index < -0.39 is 9.84 Å². The summed E-state index contributed by atoms with van der Waals surface area (Å²) in [6.07, 6.45) is 0.470. The first-order valence-corrected chi connectivity index (χ1v) is 7.00. The quantitative estimate of drug-likeness (QED) is 0.892. The van der Waals surface area contributed by atoms with Crippen LogP contribution in [0.3, 0.4) is 0 Å². The molecule has 1 aromatic rings. The summed E-state index contributed by atoms with van der Waals surface area (Å²) >= 11 is 6.74. The Morgan fingerprint density at radius 1 is 1.57 bits per heavy atom. The lowest BCUT2D eigenvalue weighted by Gasteiger charge is -2.04. The molecule has 0 spiro atoms. The van der Waals surface area contributed by atoms with E-state index in [2.05, 4.69) is 0 Å². The molecule has 0 fully saturated rings. The molecule has 0 aliphatic rings. The van der Waals surface area contributed by atoms with Crippen molar-refractivity contribution in [3.05, 3.63) is 16.5 Å². The first-order valence-electron chi connectivity index (χ1n) is 4.15. The molecule has 0 aliphatic heterocycles. The minimum absolute atomic E-state index is 0.0848. The standard InChI is InChI=1S/C8H12ClNO2S2/c1-6(10)4-5-14(11,12)8-3-2-7(9)13-8/h2-3,6H,4-5,10H2,1H3. The lowest BCUT2D eigenvalue weighted by molar-refractivity contribution is 0.589. The van der Waals surface area contributed by atoms with Gasteiger partial charge in [-0.3, -0.25) is 0 Å². The number of halogens is 1. The molecule has 0 radical (unpaired) electrons. The van der Waals surface area contributed by atoms with Gasteiger partial charge in [-0.15, -0.1) is 11.3 Å². The van der Waals surface area contributed by atoms with Crippen LogP contribution >= 0.6 is 22.9 Å². The number of hydrogen-bond donors (Lipinski definition) is 1. The van der Waals surface area contributed by atoms with Crippen LogP contribution in [0.15, 0.2) is 16.3 Å². The molecule has 0 saturated carbocycles. The smallest absolute Gasteiger partial charge is 0.187 e. The molecule has 14 heavy (non-hydrogen) atoms. The van der Waals surface area contributed by atoms with Crippen LogP contribution in [0, 0.1) is 0 Å². The molecule has 0 amide bonds. The summed E-state index contributed by atoms with van der Waals surface area (Å²) in [6, 6.07) is 3.02. The van der Waals surface area contributed by atoms with Crippen molar-refractivity contribution in [2.45, 2.75) is 23.6 Å². The monoisotopic (exact) mass is 253 g/mol.